The molecule has 0 aliphatic carbocycles. The maximum absolute atomic E-state index is 12.1. The molecule has 0 fully saturated rings. The molecule has 5 nitrogen and oxygen atoms in total. The predicted octanol–water partition coefficient (Wildman–Crippen LogP) is 3.50. The first kappa shape index (κ1) is 26.5. The lowest BCUT2D eigenvalue weighted by Gasteiger charge is -2.11. The van der Waals surface area contributed by atoms with Crippen molar-refractivity contribution in [3.63, 3.8) is 0 Å². The number of carbonyl (C=O) groups is 1. The number of ketones is 1. The van der Waals surface area contributed by atoms with Crippen LogP contribution in [0.2, 0.25) is 0 Å². The Balaban J connectivity index is 3.30. The van der Waals surface area contributed by atoms with Gasteiger partial charge in [-0.25, -0.2) is 0 Å². The van der Waals surface area contributed by atoms with Gasteiger partial charge in [-0.3, -0.25) is 4.79 Å². The van der Waals surface area contributed by atoms with Gasteiger partial charge in [0.15, 0.2) is 0 Å². The van der Waals surface area contributed by atoms with Gasteiger partial charge in [0.25, 0.3) is 0 Å². The summed E-state index contributed by atoms with van der Waals surface area (Å²) >= 11 is 0. The van der Waals surface area contributed by atoms with E-state index in [0.29, 0.717) is 6.42 Å². The highest BCUT2D eigenvalue weighted by atomic mass is 16.1. The van der Waals surface area contributed by atoms with Crippen LogP contribution in [0.15, 0.2) is 0 Å². The van der Waals surface area contributed by atoms with E-state index in [1.54, 1.807) is 0 Å². The second-order valence-corrected chi connectivity index (χ2v) is 7.79. The first-order valence-electron chi connectivity index (χ1n) is 11.6. The van der Waals surface area contributed by atoms with Crippen molar-refractivity contribution in [2.24, 2.45) is 11.5 Å². The van der Waals surface area contributed by atoms with E-state index in [1.165, 1.54) is 44.9 Å². The van der Waals surface area contributed by atoms with Crippen LogP contribution in [0.4, 0.5) is 0 Å². The number of Topliss-reactive ketones (excluding diaryl/α,β-unsaturated/α-hetero) is 1. The molecule has 0 heterocycles. The highest BCUT2D eigenvalue weighted by Crippen LogP contribution is 2.10. The fraction of sp³-hybridized carbons (Fsp3) is 0.955. The average molecular weight is 385 g/mol. The third-order valence-electron chi connectivity index (χ3n) is 5.07. The fourth-order valence-electron chi connectivity index (χ4n) is 3.17. The van der Waals surface area contributed by atoms with Gasteiger partial charge in [0, 0.05) is 6.42 Å². The van der Waals surface area contributed by atoms with Gasteiger partial charge in [0.05, 0.1) is 6.04 Å². The molecule has 0 rings (SSSR count). The second-order valence-electron chi connectivity index (χ2n) is 7.79. The van der Waals surface area contributed by atoms with Crippen LogP contribution in [0.5, 0.6) is 0 Å². The second kappa shape index (κ2) is 21.8. The zero-order valence-corrected chi connectivity index (χ0v) is 18.1. The van der Waals surface area contributed by atoms with Crippen molar-refractivity contribution in [2.75, 3.05) is 32.7 Å². The molecule has 0 aromatic heterocycles. The first-order valence-corrected chi connectivity index (χ1v) is 11.6. The fourth-order valence-corrected chi connectivity index (χ4v) is 3.17. The molecule has 0 unspecified atom stereocenters. The largest absolute Gasteiger partial charge is 0.330 e. The molecular formula is C22H48N4O. The van der Waals surface area contributed by atoms with Crippen molar-refractivity contribution in [1.82, 2.24) is 10.6 Å². The molecule has 0 spiro atoms. The van der Waals surface area contributed by atoms with Gasteiger partial charge in [-0.2, -0.15) is 0 Å². The zero-order valence-electron chi connectivity index (χ0n) is 18.1. The average Bonchev–Trinajstić information content (AvgIpc) is 2.67. The number of nitrogens with one attached hydrogen (secondary N) is 2. The standard InChI is InChI=1S/C22H48N4O/c1-2-3-17-25-19-12-10-14-21(24)22(27)15-9-7-5-4-6-8-11-18-26-20-13-16-23/h21,25-26H,2-20,23-24H2,1H3/t21-/m0/s1. The molecule has 0 saturated heterocycles. The topological polar surface area (TPSA) is 93.2 Å². The van der Waals surface area contributed by atoms with Crippen LogP contribution >= 0.6 is 0 Å². The number of rotatable bonds is 22. The molecular weight excluding hydrogens is 336 g/mol. The van der Waals surface area contributed by atoms with E-state index in [0.717, 1.165) is 71.2 Å². The van der Waals surface area contributed by atoms with Gasteiger partial charge < -0.3 is 22.1 Å². The Kier molecular flexibility index (Phi) is 21.4. The van der Waals surface area contributed by atoms with Crippen molar-refractivity contribution in [2.45, 2.75) is 103 Å². The van der Waals surface area contributed by atoms with E-state index in [2.05, 4.69) is 17.6 Å². The van der Waals surface area contributed by atoms with Gasteiger partial charge in [0.2, 0.25) is 0 Å². The minimum Gasteiger partial charge on any atom is -0.330 e. The van der Waals surface area contributed by atoms with Crippen LogP contribution in [0.1, 0.15) is 96.8 Å². The summed E-state index contributed by atoms with van der Waals surface area (Å²) in [5.74, 6) is 0.262. The Hall–Kier alpha value is -0.490. The summed E-state index contributed by atoms with van der Waals surface area (Å²) in [7, 11) is 0. The molecule has 0 amide bonds. The summed E-state index contributed by atoms with van der Waals surface area (Å²) in [5.41, 5.74) is 11.5. The highest BCUT2D eigenvalue weighted by Gasteiger charge is 2.12. The Morgan fingerprint density at radius 1 is 0.741 bits per heavy atom. The van der Waals surface area contributed by atoms with Gasteiger partial charge in [-0.1, -0.05) is 51.9 Å². The van der Waals surface area contributed by atoms with Crippen molar-refractivity contribution in [3.05, 3.63) is 0 Å². The van der Waals surface area contributed by atoms with E-state index in [9.17, 15) is 4.79 Å². The Morgan fingerprint density at radius 3 is 1.89 bits per heavy atom. The van der Waals surface area contributed by atoms with Crippen molar-refractivity contribution in [1.29, 1.82) is 0 Å². The van der Waals surface area contributed by atoms with Crippen molar-refractivity contribution < 1.29 is 4.79 Å². The van der Waals surface area contributed by atoms with Gasteiger partial charge in [0.1, 0.15) is 5.78 Å². The molecule has 5 heteroatoms. The number of nitrogens with two attached hydrogens (primary N) is 2. The maximum atomic E-state index is 12.1. The van der Waals surface area contributed by atoms with E-state index >= 15 is 0 Å². The van der Waals surface area contributed by atoms with Crippen molar-refractivity contribution in [3.8, 4) is 0 Å². The number of carbonyl (C=O) groups excluding carboxylic acids is 1. The van der Waals surface area contributed by atoms with Crippen molar-refractivity contribution >= 4 is 5.78 Å². The van der Waals surface area contributed by atoms with E-state index in [-0.39, 0.29) is 11.8 Å². The molecule has 0 aromatic carbocycles. The monoisotopic (exact) mass is 384 g/mol. The summed E-state index contributed by atoms with van der Waals surface area (Å²) in [6.07, 6.45) is 15.8. The van der Waals surface area contributed by atoms with Gasteiger partial charge in [-0.05, 0) is 71.2 Å². The van der Waals surface area contributed by atoms with Crippen LogP contribution in [-0.2, 0) is 4.79 Å². The van der Waals surface area contributed by atoms with Crippen LogP contribution in [-0.4, -0.2) is 44.5 Å². The summed E-state index contributed by atoms with van der Waals surface area (Å²) < 4.78 is 0. The smallest absolute Gasteiger partial charge is 0.149 e. The maximum Gasteiger partial charge on any atom is 0.149 e. The lowest BCUT2D eigenvalue weighted by atomic mass is 10.0. The summed E-state index contributed by atoms with van der Waals surface area (Å²) in [4.78, 5) is 12.1. The van der Waals surface area contributed by atoms with E-state index in [1.807, 2.05) is 0 Å². The first-order chi connectivity index (χ1) is 13.2. The molecule has 0 saturated carbocycles. The minimum atomic E-state index is -0.243. The predicted molar refractivity (Wildman–Crippen MR) is 118 cm³/mol. The molecule has 27 heavy (non-hydrogen) atoms. The Bertz CT molecular complexity index is 313. The zero-order chi connectivity index (χ0) is 20.0. The molecule has 0 aliphatic heterocycles. The lowest BCUT2D eigenvalue weighted by Crippen LogP contribution is -2.30. The summed E-state index contributed by atoms with van der Waals surface area (Å²) in [6.45, 7) is 7.29. The van der Waals surface area contributed by atoms with Gasteiger partial charge in [-0.15, -0.1) is 0 Å². The van der Waals surface area contributed by atoms with Crippen LogP contribution in [0.25, 0.3) is 0 Å². The third-order valence-corrected chi connectivity index (χ3v) is 5.07. The van der Waals surface area contributed by atoms with E-state index in [4.69, 9.17) is 11.5 Å². The van der Waals surface area contributed by atoms with Crippen LogP contribution in [0.3, 0.4) is 0 Å². The minimum absolute atomic E-state index is 0.243. The number of hydrogen-bond acceptors (Lipinski definition) is 5. The SMILES string of the molecule is CCCCNCCCC[C@H](N)C(=O)CCCCCCCCCNCCCN. The molecule has 0 aliphatic rings. The summed E-state index contributed by atoms with van der Waals surface area (Å²) in [5, 5.41) is 6.85. The number of unbranched alkanes of at least 4 members (excludes halogenated alkanes) is 8. The Labute approximate surface area is 168 Å². The van der Waals surface area contributed by atoms with Gasteiger partial charge >= 0.3 is 0 Å². The summed E-state index contributed by atoms with van der Waals surface area (Å²) in [6, 6.07) is -0.243. The van der Waals surface area contributed by atoms with Crippen LogP contribution in [0, 0.1) is 0 Å². The normalized spacial score (nSPS) is 12.4. The quantitative estimate of drug-likeness (QED) is 0.214. The lowest BCUT2D eigenvalue weighted by molar-refractivity contribution is -0.120. The number of hydrogen-bond donors (Lipinski definition) is 4. The molecule has 1 atom stereocenters. The Morgan fingerprint density at radius 2 is 1.26 bits per heavy atom. The van der Waals surface area contributed by atoms with E-state index < -0.39 is 0 Å². The van der Waals surface area contributed by atoms with Crippen LogP contribution < -0.4 is 22.1 Å². The molecule has 0 bridgehead atoms. The third kappa shape index (κ3) is 20.1. The molecule has 0 radical (unpaired) electrons. The molecule has 162 valence electrons. The highest BCUT2D eigenvalue weighted by molar-refractivity contribution is 5.83. The molecule has 0 aromatic rings. The molecule has 6 N–H and O–H groups in total.